The number of thiocarbonyl (C=S) groups is 1. The lowest BCUT2D eigenvalue weighted by Gasteiger charge is -2.26. The molecule has 2 aromatic carbocycles. The largest absolute Gasteiger partial charge is 0.332 e. The highest BCUT2D eigenvalue weighted by Gasteiger charge is 2.28. The number of anilines is 2. The van der Waals surface area contributed by atoms with E-state index >= 15 is 0 Å². The van der Waals surface area contributed by atoms with E-state index in [-0.39, 0.29) is 10.9 Å². The van der Waals surface area contributed by atoms with Crippen LogP contribution in [-0.2, 0) is 16.4 Å². The summed E-state index contributed by atoms with van der Waals surface area (Å²) in [4.78, 5) is 2.35. The molecule has 2 aromatic rings. The number of hydrogen-bond donors (Lipinski definition) is 2. The van der Waals surface area contributed by atoms with Gasteiger partial charge in [0.2, 0.25) is 10.0 Å². The third kappa shape index (κ3) is 3.68. The molecule has 0 radical (unpaired) electrons. The van der Waals surface area contributed by atoms with Crippen LogP contribution in [0, 0.1) is 0 Å². The number of rotatable bonds is 4. The van der Waals surface area contributed by atoms with Gasteiger partial charge in [-0.2, -0.15) is 0 Å². The third-order valence-electron chi connectivity index (χ3n) is 4.18. The van der Waals surface area contributed by atoms with Crippen LogP contribution in [-0.4, -0.2) is 26.1 Å². The summed E-state index contributed by atoms with van der Waals surface area (Å²) in [6.07, 6.45) is 0.956. The first kappa shape index (κ1) is 17.8. The molecule has 7 heteroatoms. The molecule has 3 rings (SSSR count). The van der Waals surface area contributed by atoms with E-state index in [1.807, 2.05) is 12.1 Å². The quantitative estimate of drug-likeness (QED) is 0.804. The number of fused-ring (bicyclic) bond motifs is 1. The highest BCUT2D eigenvalue weighted by atomic mass is 32.2. The van der Waals surface area contributed by atoms with Crippen LogP contribution in [0.1, 0.15) is 19.4 Å². The molecule has 25 heavy (non-hydrogen) atoms. The molecule has 5 nitrogen and oxygen atoms in total. The maximum atomic E-state index is 12.0. The molecule has 0 saturated heterocycles. The van der Waals surface area contributed by atoms with Crippen molar-refractivity contribution >= 4 is 38.7 Å². The van der Waals surface area contributed by atoms with Gasteiger partial charge in [0.25, 0.3) is 0 Å². The summed E-state index contributed by atoms with van der Waals surface area (Å²) in [7, 11) is -3.44. The lowest BCUT2D eigenvalue weighted by atomic mass is 10.1. The minimum Gasteiger partial charge on any atom is -0.332 e. The highest BCUT2D eigenvalue weighted by Crippen LogP contribution is 2.32. The molecule has 0 aromatic heterocycles. The number of benzene rings is 2. The lowest BCUT2D eigenvalue weighted by molar-refractivity contribution is 0.584. The van der Waals surface area contributed by atoms with E-state index in [9.17, 15) is 8.42 Å². The Morgan fingerprint density at radius 3 is 2.56 bits per heavy atom. The highest BCUT2D eigenvalue weighted by molar-refractivity contribution is 7.89. The van der Waals surface area contributed by atoms with E-state index in [2.05, 4.69) is 34.0 Å². The van der Waals surface area contributed by atoms with Gasteiger partial charge in [-0.25, -0.2) is 13.1 Å². The summed E-state index contributed by atoms with van der Waals surface area (Å²) in [5, 5.41) is 3.82. The molecule has 132 valence electrons. The Balaban J connectivity index is 1.76. The first-order valence-corrected chi connectivity index (χ1v) is 10.1. The van der Waals surface area contributed by atoms with Crippen LogP contribution < -0.4 is 14.9 Å². The number of nitrogens with one attached hydrogen (secondary N) is 2. The van der Waals surface area contributed by atoms with Crippen LogP contribution in [0.3, 0.4) is 0 Å². The van der Waals surface area contributed by atoms with Crippen LogP contribution in [0.2, 0.25) is 0 Å². The summed E-state index contributed by atoms with van der Waals surface area (Å²) in [5.74, 6) is 0. The van der Waals surface area contributed by atoms with E-state index in [1.165, 1.54) is 5.56 Å². The van der Waals surface area contributed by atoms with Gasteiger partial charge >= 0.3 is 0 Å². The molecule has 1 heterocycles. The molecule has 0 amide bonds. The normalized spacial score (nSPS) is 16.6. The number of hydrogen-bond acceptors (Lipinski definition) is 3. The van der Waals surface area contributed by atoms with Crippen molar-refractivity contribution in [3.8, 4) is 0 Å². The fourth-order valence-corrected chi connectivity index (χ4v) is 4.49. The zero-order chi connectivity index (χ0) is 18.0. The minimum absolute atomic E-state index is 0.241. The molecular formula is C18H21N3O2S2. The first-order valence-electron chi connectivity index (χ1n) is 8.20. The van der Waals surface area contributed by atoms with Crippen molar-refractivity contribution in [1.82, 2.24) is 4.72 Å². The van der Waals surface area contributed by atoms with Crippen LogP contribution >= 0.6 is 12.2 Å². The lowest BCUT2D eigenvalue weighted by Crippen LogP contribution is -2.38. The standard InChI is InChI=1S/C18H21N3O2S2/c1-3-19-25(22,23)16-10-8-15(9-11-16)20-18(24)21-13(2)12-14-6-4-5-7-17(14)21/h4-11,13,19H,3,12H2,1-2H3,(H,20,24)/t13-/m0/s1. The van der Waals surface area contributed by atoms with Crippen LogP contribution in [0.5, 0.6) is 0 Å². The van der Waals surface area contributed by atoms with Gasteiger partial charge in [-0.15, -0.1) is 0 Å². The molecule has 0 bridgehead atoms. The van der Waals surface area contributed by atoms with Crippen LogP contribution in [0.15, 0.2) is 53.4 Å². The first-order chi connectivity index (χ1) is 11.9. The fourth-order valence-electron chi connectivity index (χ4n) is 3.05. The third-order valence-corrected chi connectivity index (χ3v) is 6.04. The number of sulfonamides is 1. The van der Waals surface area contributed by atoms with E-state index in [1.54, 1.807) is 31.2 Å². The smallest absolute Gasteiger partial charge is 0.240 e. The molecule has 1 aliphatic rings. The predicted octanol–water partition coefficient (Wildman–Crippen LogP) is 3.13. The summed E-state index contributed by atoms with van der Waals surface area (Å²) in [6.45, 7) is 4.25. The van der Waals surface area contributed by atoms with Crippen LogP contribution in [0.4, 0.5) is 11.4 Å². The van der Waals surface area contributed by atoms with Gasteiger partial charge in [-0.3, -0.25) is 0 Å². The second-order valence-corrected chi connectivity index (χ2v) is 8.16. The minimum atomic E-state index is -3.44. The van der Waals surface area contributed by atoms with Crippen molar-refractivity contribution < 1.29 is 8.42 Å². The van der Waals surface area contributed by atoms with Gasteiger partial charge in [0, 0.05) is 24.0 Å². The second kappa shape index (κ2) is 7.11. The zero-order valence-electron chi connectivity index (χ0n) is 14.2. The average Bonchev–Trinajstić information content (AvgIpc) is 2.91. The fraction of sp³-hybridized carbons (Fsp3) is 0.278. The molecule has 1 aliphatic heterocycles. The van der Waals surface area contributed by atoms with E-state index in [0.717, 1.165) is 17.8 Å². The molecule has 2 N–H and O–H groups in total. The van der Waals surface area contributed by atoms with Gasteiger partial charge in [0.05, 0.1) is 4.90 Å². The maximum absolute atomic E-state index is 12.0. The Morgan fingerprint density at radius 1 is 1.20 bits per heavy atom. The van der Waals surface area contributed by atoms with Crippen LogP contribution in [0.25, 0.3) is 0 Å². The van der Waals surface area contributed by atoms with Crippen molar-refractivity contribution in [3.05, 3.63) is 54.1 Å². The van der Waals surface area contributed by atoms with Crippen molar-refractivity contribution in [1.29, 1.82) is 0 Å². The molecule has 1 atom stereocenters. The SMILES string of the molecule is CCNS(=O)(=O)c1ccc(NC(=S)N2c3ccccc3C[C@@H]2C)cc1. The van der Waals surface area contributed by atoms with Gasteiger partial charge in [-0.1, -0.05) is 25.1 Å². The summed E-state index contributed by atoms with van der Waals surface area (Å²) < 4.78 is 26.5. The van der Waals surface area contributed by atoms with Crippen molar-refractivity contribution in [2.24, 2.45) is 0 Å². The van der Waals surface area contributed by atoms with Crippen molar-refractivity contribution in [3.63, 3.8) is 0 Å². The van der Waals surface area contributed by atoms with E-state index in [0.29, 0.717) is 11.7 Å². The molecular weight excluding hydrogens is 354 g/mol. The summed E-state index contributed by atoms with van der Waals surface area (Å²) in [5.41, 5.74) is 3.17. The number of para-hydroxylation sites is 1. The van der Waals surface area contributed by atoms with E-state index in [4.69, 9.17) is 12.2 Å². The predicted molar refractivity (Wildman–Crippen MR) is 106 cm³/mol. The Morgan fingerprint density at radius 2 is 1.88 bits per heavy atom. The Bertz CT molecular complexity index is 879. The molecule has 0 aliphatic carbocycles. The average molecular weight is 376 g/mol. The second-order valence-electron chi connectivity index (χ2n) is 6.01. The molecule has 0 fully saturated rings. The molecule has 0 unspecified atom stereocenters. The Labute approximate surface area is 154 Å². The van der Waals surface area contributed by atoms with Crippen molar-refractivity contribution in [2.75, 3.05) is 16.8 Å². The van der Waals surface area contributed by atoms with Gasteiger partial charge in [-0.05, 0) is 61.5 Å². The van der Waals surface area contributed by atoms with Gasteiger partial charge < -0.3 is 10.2 Å². The topological polar surface area (TPSA) is 61.4 Å². The number of nitrogens with zero attached hydrogens (tertiary/aromatic N) is 1. The zero-order valence-corrected chi connectivity index (χ0v) is 15.8. The molecule has 0 saturated carbocycles. The van der Waals surface area contributed by atoms with Gasteiger partial charge in [0.1, 0.15) is 0 Å². The van der Waals surface area contributed by atoms with E-state index < -0.39 is 10.0 Å². The molecule has 0 spiro atoms. The summed E-state index contributed by atoms with van der Waals surface area (Å²) in [6, 6.07) is 15.1. The maximum Gasteiger partial charge on any atom is 0.240 e. The summed E-state index contributed by atoms with van der Waals surface area (Å²) >= 11 is 5.58. The Hall–Kier alpha value is -1.96. The Kier molecular flexibility index (Phi) is 5.08. The van der Waals surface area contributed by atoms with Crippen molar-refractivity contribution in [2.45, 2.75) is 31.2 Å². The van der Waals surface area contributed by atoms with Gasteiger partial charge in [0.15, 0.2) is 5.11 Å². The monoisotopic (exact) mass is 375 g/mol.